The van der Waals surface area contributed by atoms with E-state index in [-0.39, 0.29) is 12.0 Å². The summed E-state index contributed by atoms with van der Waals surface area (Å²) in [6.45, 7) is 2.17. The van der Waals surface area contributed by atoms with Gasteiger partial charge >= 0.3 is 0 Å². The van der Waals surface area contributed by atoms with Gasteiger partial charge in [0.25, 0.3) is 0 Å². The molecule has 0 amide bonds. The van der Waals surface area contributed by atoms with E-state index in [0.29, 0.717) is 0 Å². The van der Waals surface area contributed by atoms with Gasteiger partial charge in [0.1, 0.15) is 11.3 Å². The van der Waals surface area contributed by atoms with Crippen molar-refractivity contribution in [3.05, 3.63) is 36.1 Å². The average molecular weight is 245 g/mol. The number of nitrogens with one attached hydrogen (secondary N) is 1. The summed E-state index contributed by atoms with van der Waals surface area (Å²) in [6.07, 6.45) is 2.98. The molecule has 2 heterocycles. The van der Waals surface area contributed by atoms with Crippen molar-refractivity contribution < 1.29 is 9.52 Å². The topological polar surface area (TPSA) is 45.4 Å². The summed E-state index contributed by atoms with van der Waals surface area (Å²) in [6, 6.07) is 10.2. The van der Waals surface area contributed by atoms with Gasteiger partial charge in [-0.1, -0.05) is 18.2 Å². The molecule has 1 atom stereocenters. The van der Waals surface area contributed by atoms with Crippen LogP contribution in [0.5, 0.6) is 0 Å². The van der Waals surface area contributed by atoms with E-state index in [9.17, 15) is 5.11 Å². The molecule has 1 saturated heterocycles. The molecule has 18 heavy (non-hydrogen) atoms. The highest BCUT2D eigenvalue weighted by atomic mass is 16.3. The minimum absolute atomic E-state index is 0.0357. The smallest absolute Gasteiger partial charge is 0.134 e. The van der Waals surface area contributed by atoms with Gasteiger partial charge in [-0.05, 0) is 37.9 Å². The Hall–Kier alpha value is -1.32. The van der Waals surface area contributed by atoms with Crippen molar-refractivity contribution in [3.8, 4) is 0 Å². The number of benzene rings is 1. The van der Waals surface area contributed by atoms with Gasteiger partial charge in [0.15, 0.2) is 0 Å². The first-order valence-electron chi connectivity index (χ1n) is 6.65. The van der Waals surface area contributed by atoms with Gasteiger partial charge in [-0.15, -0.1) is 0 Å². The molecule has 0 spiro atoms. The van der Waals surface area contributed by atoms with Gasteiger partial charge in [-0.2, -0.15) is 0 Å². The lowest BCUT2D eigenvalue weighted by Gasteiger charge is -2.35. The van der Waals surface area contributed by atoms with Crippen LogP contribution in [-0.4, -0.2) is 24.8 Å². The molecule has 3 nitrogen and oxygen atoms in total. The van der Waals surface area contributed by atoms with Crippen molar-refractivity contribution in [2.75, 3.05) is 19.7 Å². The zero-order valence-corrected chi connectivity index (χ0v) is 10.5. The second-order valence-corrected chi connectivity index (χ2v) is 5.18. The van der Waals surface area contributed by atoms with Crippen LogP contribution >= 0.6 is 0 Å². The van der Waals surface area contributed by atoms with Gasteiger partial charge in [0.05, 0.1) is 0 Å². The van der Waals surface area contributed by atoms with Crippen molar-refractivity contribution in [2.45, 2.75) is 24.7 Å². The maximum Gasteiger partial charge on any atom is 0.134 e. The van der Waals surface area contributed by atoms with Crippen LogP contribution < -0.4 is 5.32 Å². The Kier molecular flexibility index (Phi) is 3.10. The Bertz CT molecular complexity index is 488. The number of hydrogen-bond acceptors (Lipinski definition) is 3. The highest BCUT2D eigenvalue weighted by Crippen LogP contribution is 2.37. The number of furan rings is 1. The number of aliphatic hydroxyl groups excluding tert-OH is 1. The summed E-state index contributed by atoms with van der Waals surface area (Å²) >= 11 is 0. The molecule has 0 radical (unpaired) electrons. The fraction of sp³-hybridized carbons (Fsp3) is 0.467. The summed E-state index contributed by atoms with van der Waals surface area (Å²) in [5.74, 6) is 1.02. The second kappa shape index (κ2) is 4.75. The first kappa shape index (κ1) is 11.8. The van der Waals surface area contributed by atoms with Crippen LogP contribution in [0.2, 0.25) is 0 Å². The highest BCUT2D eigenvalue weighted by molar-refractivity contribution is 5.78. The van der Waals surface area contributed by atoms with E-state index in [1.807, 2.05) is 18.2 Å². The zero-order chi connectivity index (χ0) is 12.4. The van der Waals surface area contributed by atoms with Crippen LogP contribution in [0.1, 0.15) is 25.0 Å². The first-order chi connectivity index (χ1) is 8.84. The summed E-state index contributed by atoms with van der Waals surface area (Å²) in [7, 11) is 0. The second-order valence-electron chi connectivity index (χ2n) is 5.18. The molecule has 2 aromatic rings. The Morgan fingerprint density at radius 1 is 1.33 bits per heavy atom. The molecular weight excluding hydrogens is 226 g/mol. The van der Waals surface area contributed by atoms with Crippen LogP contribution in [-0.2, 0) is 5.41 Å². The van der Waals surface area contributed by atoms with E-state index in [4.69, 9.17) is 4.42 Å². The molecule has 96 valence electrons. The first-order valence-corrected chi connectivity index (χ1v) is 6.65. The zero-order valence-electron chi connectivity index (χ0n) is 10.5. The SMILES string of the molecule is OCC[C@@]1(c2cc3ccccc3o2)CCCNC1. The quantitative estimate of drug-likeness (QED) is 0.873. The maximum atomic E-state index is 9.35. The van der Waals surface area contributed by atoms with E-state index < -0.39 is 0 Å². The third-order valence-electron chi connectivity index (χ3n) is 4.01. The summed E-state index contributed by atoms with van der Waals surface area (Å²) in [4.78, 5) is 0. The molecule has 1 aromatic carbocycles. The van der Waals surface area contributed by atoms with Crippen LogP contribution in [0, 0.1) is 0 Å². The summed E-state index contributed by atoms with van der Waals surface area (Å²) < 4.78 is 6.01. The summed E-state index contributed by atoms with van der Waals surface area (Å²) in [5.41, 5.74) is 0.904. The Morgan fingerprint density at radius 3 is 2.94 bits per heavy atom. The molecule has 1 aromatic heterocycles. The molecular formula is C15H19NO2. The van der Waals surface area contributed by atoms with Gasteiger partial charge in [-0.3, -0.25) is 0 Å². The van der Waals surface area contributed by atoms with Gasteiger partial charge in [-0.25, -0.2) is 0 Å². The standard InChI is InChI=1S/C15H19NO2/c17-9-7-15(6-3-8-16-11-15)14-10-12-4-1-2-5-13(12)18-14/h1-2,4-5,10,16-17H,3,6-9,11H2/t15-/m0/s1. The van der Waals surface area contributed by atoms with Crippen LogP contribution in [0.4, 0.5) is 0 Å². The molecule has 1 fully saturated rings. The molecule has 0 aliphatic carbocycles. The predicted octanol–water partition coefficient (Wildman–Crippen LogP) is 2.44. The molecule has 3 rings (SSSR count). The Balaban J connectivity index is 2.03. The van der Waals surface area contributed by atoms with Gasteiger partial charge < -0.3 is 14.8 Å². The van der Waals surface area contributed by atoms with E-state index in [1.165, 1.54) is 0 Å². The number of rotatable bonds is 3. The fourth-order valence-electron chi connectivity index (χ4n) is 2.97. The average Bonchev–Trinajstić information content (AvgIpc) is 2.84. The third kappa shape index (κ3) is 1.93. The number of aliphatic hydroxyl groups is 1. The number of piperidine rings is 1. The lowest BCUT2D eigenvalue weighted by molar-refractivity contribution is 0.187. The van der Waals surface area contributed by atoms with Crippen molar-refractivity contribution in [1.29, 1.82) is 0 Å². The molecule has 1 aliphatic heterocycles. The number of hydrogen-bond donors (Lipinski definition) is 2. The molecule has 0 bridgehead atoms. The molecule has 0 unspecified atom stereocenters. The van der Waals surface area contributed by atoms with Crippen LogP contribution in [0.25, 0.3) is 11.0 Å². The van der Waals surface area contributed by atoms with E-state index in [2.05, 4.69) is 17.4 Å². The lowest BCUT2D eigenvalue weighted by Crippen LogP contribution is -2.43. The van der Waals surface area contributed by atoms with Crippen LogP contribution in [0.15, 0.2) is 34.7 Å². The molecule has 1 aliphatic rings. The lowest BCUT2D eigenvalue weighted by atomic mass is 9.76. The van der Waals surface area contributed by atoms with Crippen molar-refractivity contribution in [3.63, 3.8) is 0 Å². The molecule has 0 saturated carbocycles. The van der Waals surface area contributed by atoms with Crippen molar-refractivity contribution >= 4 is 11.0 Å². The highest BCUT2D eigenvalue weighted by Gasteiger charge is 2.36. The molecule has 3 heteroatoms. The van der Waals surface area contributed by atoms with Crippen LogP contribution in [0.3, 0.4) is 0 Å². The van der Waals surface area contributed by atoms with Crippen molar-refractivity contribution in [1.82, 2.24) is 5.32 Å². The molecule has 2 N–H and O–H groups in total. The minimum atomic E-state index is -0.0357. The van der Waals surface area contributed by atoms with E-state index >= 15 is 0 Å². The number of para-hydroxylation sites is 1. The third-order valence-corrected chi connectivity index (χ3v) is 4.01. The monoisotopic (exact) mass is 245 g/mol. The number of fused-ring (bicyclic) bond motifs is 1. The van der Waals surface area contributed by atoms with Gasteiger partial charge in [0.2, 0.25) is 0 Å². The summed E-state index contributed by atoms with van der Waals surface area (Å²) in [5, 5.41) is 13.9. The predicted molar refractivity (Wildman–Crippen MR) is 71.7 cm³/mol. The largest absolute Gasteiger partial charge is 0.460 e. The van der Waals surface area contributed by atoms with Crippen molar-refractivity contribution in [2.24, 2.45) is 0 Å². The Morgan fingerprint density at radius 2 is 2.22 bits per heavy atom. The normalized spacial score (nSPS) is 24.5. The van der Waals surface area contributed by atoms with Gasteiger partial charge in [0, 0.05) is 24.0 Å². The van der Waals surface area contributed by atoms with E-state index in [1.54, 1.807) is 0 Å². The minimum Gasteiger partial charge on any atom is -0.460 e. The Labute approximate surface area is 107 Å². The van der Waals surface area contributed by atoms with E-state index in [0.717, 1.165) is 49.1 Å². The fourth-order valence-corrected chi connectivity index (χ4v) is 2.97. The maximum absolute atomic E-state index is 9.35.